The molecule has 1 rings (SSSR count). The zero-order valence-electron chi connectivity index (χ0n) is 5.81. The molecule has 0 bridgehead atoms. The Morgan fingerprint density at radius 3 is 2.60 bits per heavy atom. The van der Waals surface area contributed by atoms with Gasteiger partial charge >= 0.3 is 0 Å². The molecule has 1 heterocycles. The van der Waals surface area contributed by atoms with E-state index in [0.29, 0.717) is 12.8 Å². The first-order chi connectivity index (χ1) is 4.54. The van der Waals surface area contributed by atoms with Gasteiger partial charge in [0.25, 0.3) is 0 Å². The molecule has 0 aromatic heterocycles. The fraction of sp³-hybridized carbons (Fsp3) is 0.667. The van der Waals surface area contributed by atoms with Crippen LogP contribution in [0.1, 0.15) is 19.8 Å². The predicted molar refractivity (Wildman–Crippen MR) is 35.0 cm³/mol. The van der Waals surface area contributed by atoms with Crippen molar-refractivity contribution >= 4 is 11.8 Å². The van der Waals surface area contributed by atoms with Crippen LogP contribution in [0.3, 0.4) is 0 Å². The van der Waals surface area contributed by atoms with Gasteiger partial charge in [-0.3, -0.25) is 9.59 Å². The van der Waals surface area contributed by atoms with Gasteiger partial charge in [0, 0.05) is 6.42 Å². The first kappa shape index (κ1) is 7.05. The van der Waals surface area contributed by atoms with Crippen LogP contribution < -0.4 is 11.1 Å². The van der Waals surface area contributed by atoms with Crippen molar-refractivity contribution in [3.05, 3.63) is 0 Å². The van der Waals surface area contributed by atoms with Crippen molar-refractivity contribution < 1.29 is 9.59 Å². The van der Waals surface area contributed by atoms with Gasteiger partial charge in [-0.25, -0.2) is 0 Å². The average Bonchev–Trinajstić information content (AvgIpc) is 2.13. The van der Waals surface area contributed by atoms with Crippen LogP contribution in [0.5, 0.6) is 0 Å². The van der Waals surface area contributed by atoms with Gasteiger partial charge in [0.2, 0.25) is 11.8 Å². The van der Waals surface area contributed by atoms with Gasteiger partial charge in [0.1, 0.15) is 5.54 Å². The van der Waals surface area contributed by atoms with Crippen molar-refractivity contribution in [2.45, 2.75) is 25.3 Å². The van der Waals surface area contributed by atoms with Gasteiger partial charge in [-0.15, -0.1) is 0 Å². The van der Waals surface area contributed by atoms with Crippen molar-refractivity contribution in [3.8, 4) is 0 Å². The van der Waals surface area contributed by atoms with E-state index in [1.165, 1.54) is 0 Å². The second-order valence-corrected chi connectivity index (χ2v) is 2.74. The normalized spacial score (nSPS) is 31.9. The van der Waals surface area contributed by atoms with Crippen LogP contribution in [0.15, 0.2) is 0 Å². The first-order valence-electron chi connectivity index (χ1n) is 3.15. The van der Waals surface area contributed by atoms with E-state index < -0.39 is 11.4 Å². The number of hydrogen-bond donors (Lipinski definition) is 2. The quantitative estimate of drug-likeness (QED) is 0.500. The van der Waals surface area contributed by atoms with Crippen LogP contribution in [0.2, 0.25) is 0 Å². The zero-order chi connectivity index (χ0) is 7.78. The summed E-state index contributed by atoms with van der Waals surface area (Å²) in [6, 6.07) is 0. The molecule has 4 nitrogen and oxygen atoms in total. The Kier molecular flexibility index (Phi) is 1.39. The minimum Gasteiger partial charge on any atom is -0.368 e. The fourth-order valence-electron chi connectivity index (χ4n) is 0.981. The molecule has 0 aliphatic carbocycles. The third-order valence-corrected chi connectivity index (χ3v) is 1.81. The maximum atomic E-state index is 10.7. The van der Waals surface area contributed by atoms with Gasteiger partial charge in [0.15, 0.2) is 0 Å². The molecule has 1 saturated heterocycles. The lowest BCUT2D eigenvalue weighted by Gasteiger charge is -2.18. The van der Waals surface area contributed by atoms with Crippen LogP contribution in [0.4, 0.5) is 0 Å². The molecule has 1 atom stereocenters. The lowest BCUT2D eigenvalue weighted by atomic mass is 10.0. The van der Waals surface area contributed by atoms with E-state index in [2.05, 4.69) is 5.32 Å². The summed E-state index contributed by atoms with van der Waals surface area (Å²) in [7, 11) is 0. The highest BCUT2D eigenvalue weighted by Gasteiger charge is 2.37. The Hall–Kier alpha value is -1.06. The van der Waals surface area contributed by atoms with Crippen molar-refractivity contribution in [1.82, 2.24) is 5.32 Å². The molecule has 0 radical (unpaired) electrons. The maximum Gasteiger partial charge on any atom is 0.242 e. The predicted octanol–water partition coefficient (Wildman–Crippen LogP) is -0.860. The Morgan fingerprint density at radius 2 is 2.40 bits per heavy atom. The molecule has 10 heavy (non-hydrogen) atoms. The number of carbonyl (C=O) groups excluding carboxylic acids is 2. The van der Waals surface area contributed by atoms with Crippen molar-refractivity contribution in [1.29, 1.82) is 0 Å². The van der Waals surface area contributed by atoms with Gasteiger partial charge in [-0.1, -0.05) is 0 Å². The van der Waals surface area contributed by atoms with Gasteiger partial charge in [-0.2, -0.15) is 0 Å². The molecule has 1 aliphatic rings. The molecular weight excluding hydrogens is 132 g/mol. The number of nitrogens with one attached hydrogen (secondary N) is 1. The molecule has 1 aliphatic heterocycles. The SMILES string of the molecule is CC1(C(N)=O)CCC(=O)N1. The van der Waals surface area contributed by atoms with Crippen LogP contribution >= 0.6 is 0 Å². The number of nitrogens with two attached hydrogens (primary N) is 1. The van der Waals surface area contributed by atoms with E-state index in [-0.39, 0.29) is 5.91 Å². The van der Waals surface area contributed by atoms with Crippen molar-refractivity contribution in [2.24, 2.45) is 5.73 Å². The monoisotopic (exact) mass is 142 g/mol. The summed E-state index contributed by atoms with van der Waals surface area (Å²) in [5.74, 6) is -0.556. The molecular formula is C6H10N2O2. The highest BCUT2D eigenvalue weighted by molar-refractivity contribution is 5.93. The maximum absolute atomic E-state index is 10.7. The fourth-order valence-corrected chi connectivity index (χ4v) is 0.981. The van der Waals surface area contributed by atoms with Gasteiger partial charge in [-0.05, 0) is 13.3 Å². The Bertz CT molecular complexity index is 190. The number of hydrogen-bond acceptors (Lipinski definition) is 2. The second kappa shape index (κ2) is 1.97. The van der Waals surface area contributed by atoms with E-state index in [9.17, 15) is 9.59 Å². The summed E-state index contributed by atoms with van der Waals surface area (Å²) in [5, 5.41) is 2.52. The molecule has 1 fully saturated rings. The molecule has 4 heteroatoms. The van der Waals surface area contributed by atoms with Crippen molar-refractivity contribution in [2.75, 3.05) is 0 Å². The summed E-state index contributed by atoms with van der Waals surface area (Å²) in [4.78, 5) is 21.3. The molecule has 3 N–H and O–H groups in total. The molecule has 0 saturated carbocycles. The van der Waals surface area contributed by atoms with Crippen molar-refractivity contribution in [3.63, 3.8) is 0 Å². The van der Waals surface area contributed by atoms with E-state index in [4.69, 9.17) is 5.73 Å². The van der Waals surface area contributed by atoms with Gasteiger partial charge < -0.3 is 11.1 Å². The Labute approximate surface area is 58.8 Å². The summed E-state index contributed by atoms with van der Waals surface area (Å²) in [6.07, 6.45) is 0.917. The first-order valence-corrected chi connectivity index (χ1v) is 3.15. The molecule has 0 aromatic carbocycles. The minimum absolute atomic E-state index is 0.0960. The van der Waals surface area contributed by atoms with Gasteiger partial charge in [0.05, 0.1) is 0 Å². The lowest BCUT2D eigenvalue weighted by Crippen LogP contribution is -2.49. The number of primary amides is 1. The summed E-state index contributed by atoms with van der Waals surface area (Å²) >= 11 is 0. The average molecular weight is 142 g/mol. The van der Waals surface area contributed by atoms with Crippen LogP contribution in [-0.2, 0) is 9.59 Å². The van der Waals surface area contributed by atoms with Crippen LogP contribution in [0, 0.1) is 0 Å². The number of carbonyl (C=O) groups is 2. The molecule has 0 aromatic rings. The summed E-state index contributed by atoms with van der Waals surface area (Å²) in [5.41, 5.74) is 4.25. The standard InChI is InChI=1S/C6H10N2O2/c1-6(5(7)10)3-2-4(9)8-6/h2-3H2,1H3,(H2,7,10)(H,8,9). The van der Waals surface area contributed by atoms with E-state index in [0.717, 1.165) is 0 Å². The molecule has 0 spiro atoms. The smallest absolute Gasteiger partial charge is 0.242 e. The van der Waals surface area contributed by atoms with E-state index >= 15 is 0 Å². The zero-order valence-corrected chi connectivity index (χ0v) is 5.81. The third kappa shape index (κ3) is 0.964. The highest BCUT2D eigenvalue weighted by Crippen LogP contribution is 2.18. The summed E-state index contributed by atoms with van der Waals surface area (Å²) in [6.45, 7) is 1.64. The Morgan fingerprint density at radius 1 is 1.80 bits per heavy atom. The highest BCUT2D eigenvalue weighted by atomic mass is 16.2. The third-order valence-electron chi connectivity index (χ3n) is 1.81. The number of rotatable bonds is 1. The molecule has 56 valence electrons. The second-order valence-electron chi connectivity index (χ2n) is 2.74. The Balaban J connectivity index is 2.72. The molecule has 1 unspecified atom stereocenters. The lowest BCUT2D eigenvalue weighted by molar-refractivity contribution is -0.126. The summed E-state index contributed by atoms with van der Waals surface area (Å²) < 4.78 is 0. The topological polar surface area (TPSA) is 72.2 Å². The minimum atomic E-state index is -0.795. The largest absolute Gasteiger partial charge is 0.368 e. The molecule has 2 amide bonds. The number of amides is 2. The van der Waals surface area contributed by atoms with Crippen LogP contribution in [-0.4, -0.2) is 17.4 Å². The van der Waals surface area contributed by atoms with E-state index in [1.807, 2.05) is 0 Å². The van der Waals surface area contributed by atoms with E-state index in [1.54, 1.807) is 6.92 Å². The van der Waals surface area contributed by atoms with Crippen LogP contribution in [0.25, 0.3) is 0 Å².